The monoisotopic (exact) mass is 416 g/mol. The van der Waals surface area contributed by atoms with Crippen molar-refractivity contribution in [2.75, 3.05) is 10.6 Å². The van der Waals surface area contributed by atoms with Crippen LogP contribution in [0.3, 0.4) is 0 Å². The number of amides is 2. The Morgan fingerprint density at radius 3 is 1.93 bits per heavy atom. The topological polar surface area (TPSA) is 76.0 Å². The molecule has 28 heavy (non-hydrogen) atoms. The van der Waals surface area contributed by atoms with Crippen molar-refractivity contribution in [3.8, 4) is 0 Å². The molecule has 1 heterocycles. The van der Waals surface area contributed by atoms with Crippen LogP contribution in [0.15, 0.2) is 42.6 Å². The molecule has 0 aliphatic carbocycles. The number of carbonyl (C=O) groups excluding carboxylic acids is 2. The molecule has 0 atom stereocenters. The van der Waals surface area contributed by atoms with Crippen LogP contribution in [0.4, 0.5) is 11.4 Å². The maximum Gasteiger partial charge on any atom is 0.274 e. The van der Waals surface area contributed by atoms with E-state index in [1.165, 1.54) is 10.9 Å². The van der Waals surface area contributed by atoms with E-state index < -0.39 is 11.8 Å². The van der Waals surface area contributed by atoms with Gasteiger partial charge in [-0.1, -0.05) is 35.3 Å². The molecule has 1 aromatic heterocycles. The van der Waals surface area contributed by atoms with Gasteiger partial charge in [-0.15, -0.1) is 0 Å². The van der Waals surface area contributed by atoms with Gasteiger partial charge in [-0.05, 0) is 49.2 Å². The lowest BCUT2D eigenvalue weighted by molar-refractivity contribution is 0.0985. The normalized spacial score (nSPS) is 10.6. The van der Waals surface area contributed by atoms with Gasteiger partial charge in [-0.25, -0.2) is 0 Å². The van der Waals surface area contributed by atoms with Gasteiger partial charge in [0.15, 0.2) is 0 Å². The highest BCUT2D eigenvalue weighted by Crippen LogP contribution is 2.25. The first-order valence-electron chi connectivity index (χ1n) is 8.44. The molecule has 6 nitrogen and oxygen atoms in total. The van der Waals surface area contributed by atoms with E-state index in [0.29, 0.717) is 21.4 Å². The number of carbonyl (C=O) groups is 2. The third kappa shape index (κ3) is 3.88. The van der Waals surface area contributed by atoms with E-state index in [1.807, 2.05) is 0 Å². The number of hydrogen-bond acceptors (Lipinski definition) is 3. The predicted octanol–water partition coefficient (Wildman–Crippen LogP) is 4.85. The molecule has 0 unspecified atom stereocenters. The van der Waals surface area contributed by atoms with E-state index in [9.17, 15) is 9.59 Å². The molecule has 0 saturated carbocycles. The maximum atomic E-state index is 12.8. The fraction of sp³-hybridized carbons (Fsp3) is 0.150. The third-order valence-electron chi connectivity index (χ3n) is 4.43. The molecule has 8 heteroatoms. The predicted molar refractivity (Wildman–Crippen MR) is 111 cm³/mol. The van der Waals surface area contributed by atoms with Gasteiger partial charge in [0.1, 0.15) is 5.69 Å². The van der Waals surface area contributed by atoms with Gasteiger partial charge in [0.25, 0.3) is 11.8 Å². The summed E-state index contributed by atoms with van der Waals surface area (Å²) in [5.74, 6) is -0.912. The second-order valence-corrected chi connectivity index (χ2v) is 7.08. The Labute approximate surface area is 172 Å². The van der Waals surface area contributed by atoms with Crippen LogP contribution >= 0.6 is 23.2 Å². The van der Waals surface area contributed by atoms with Crippen LogP contribution in [0.1, 0.15) is 32.0 Å². The number of aryl methyl sites for hydroxylation is 1. The van der Waals surface area contributed by atoms with Crippen LogP contribution in [0.25, 0.3) is 0 Å². The second kappa shape index (κ2) is 8.04. The zero-order valence-electron chi connectivity index (χ0n) is 15.5. The van der Waals surface area contributed by atoms with Gasteiger partial charge >= 0.3 is 0 Å². The SMILES string of the molecule is Cc1c(Cl)cccc1NC(=O)c1cnn(C)c1C(=O)Nc1cccc(Cl)c1C. The molecule has 0 aliphatic rings. The molecule has 2 amide bonds. The Hall–Kier alpha value is -2.83. The molecule has 2 aromatic carbocycles. The van der Waals surface area contributed by atoms with Crippen molar-refractivity contribution in [1.29, 1.82) is 0 Å². The molecule has 3 rings (SSSR count). The minimum Gasteiger partial charge on any atom is -0.322 e. The van der Waals surface area contributed by atoms with Gasteiger partial charge in [-0.2, -0.15) is 5.10 Å². The highest BCUT2D eigenvalue weighted by molar-refractivity contribution is 6.32. The first kappa shape index (κ1) is 19.9. The minimum atomic E-state index is -0.460. The fourth-order valence-electron chi connectivity index (χ4n) is 2.73. The summed E-state index contributed by atoms with van der Waals surface area (Å²) in [6, 6.07) is 10.4. The summed E-state index contributed by atoms with van der Waals surface area (Å²) in [7, 11) is 1.60. The molecular weight excluding hydrogens is 399 g/mol. The number of anilines is 2. The lowest BCUT2D eigenvalue weighted by Crippen LogP contribution is -2.22. The largest absolute Gasteiger partial charge is 0.322 e. The van der Waals surface area contributed by atoms with Crippen LogP contribution in [0, 0.1) is 13.8 Å². The zero-order chi connectivity index (χ0) is 20.4. The quantitative estimate of drug-likeness (QED) is 0.637. The van der Waals surface area contributed by atoms with Crippen molar-refractivity contribution in [2.24, 2.45) is 7.05 Å². The molecule has 0 bridgehead atoms. The molecule has 0 saturated heterocycles. The lowest BCUT2D eigenvalue weighted by atomic mass is 10.1. The standard InChI is InChI=1S/C20H18Cl2N4O2/c1-11-14(21)6-4-8-16(11)24-19(27)13-10-23-26(3)18(13)20(28)25-17-9-5-7-15(22)12(17)2/h4-10H,1-3H3,(H,24,27)(H,25,28). The lowest BCUT2D eigenvalue weighted by Gasteiger charge is -2.12. The molecule has 3 aromatic rings. The van der Waals surface area contributed by atoms with E-state index in [1.54, 1.807) is 57.3 Å². The van der Waals surface area contributed by atoms with E-state index in [4.69, 9.17) is 23.2 Å². The summed E-state index contributed by atoms with van der Waals surface area (Å²) in [4.78, 5) is 25.6. The number of hydrogen-bond donors (Lipinski definition) is 2. The Balaban J connectivity index is 1.89. The average Bonchev–Trinajstić information content (AvgIpc) is 3.04. The van der Waals surface area contributed by atoms with Crippen LogP contribution in [-0.2, 0) is 7.05 Å². The van der Waals surface area contributed by atoms with E-state index in [2.05, 4.69) is 15.7 Å². The highest BCUT2D eigenvalue weighted by Gasteiger charge is 2.23. The summed E-state index contributed by atoms with van der Waals surface area (Å²) < 4.78 is 1.36. The average molecular weight is 417 g/mol. The van der Waals surface area contributed by atoms with Crippen molar-refractivity contribution in [3.63, 3.8) is 0 Å². The number of rotatable bonds is 4. The van der Waals surface area contributed by atoms with Crippen molar-refractivity contribution in [2.45, 2.75) is 13.8 Å². The summed E-state index contributed by atoms with van der Waals surface area (Å²) in [6.45, 7) is 3.60. The van der Waals surface area contributed by atoms with Crippen molar-refractivity contribution in [1.82, 2.24) is 9.78 Å². The van der Waals surface area contributed by atoms with E-state index >= 15 is 0 Å². The van der Waals surface area contributed by atoms with Gasteiger partial charge in [0, 0.05) is 28.5 Å². The van der Waals surface area contributed by atoms with Gasteiger partial charge in [0.2, 0.25) is 0 Å². The number of benzene rings is 2. The third-order valence-corrected chi connectivity index (χ3v) is 5.25. The Kier molecular flexibility index (Phi) is 5.72. The second-order valence-electron chi connectivity index (χ2n) is 6.26. The van der Waals surface area contributed by atoms with Gasteiger partial charge in [-0.3, -0.25) is 14.3 Å². The van der Waals surface area contributed by atoms with Crippen LogP contribution in [-0.4, -0.2) is 21.6 Å². The maximum absolute atomic E-state index is 12.8. The highest BCUT2D eigenvalue weighted by atomic mass is 35.5. The first-order valence-corrected chi connectivity index (χ1v) is 9.20. The zero-order valence-corrected chi connectivity index (χ0v) is 17.0. The first-order chi connectivity index (χ1) is 13.3. The van der Waals surface area contributed by atoms with Crippen molar-refractivity contribution in [3.05, 3.63) is 75.0 Å². The summed E-state index contributed by atoms with van der Waals surface area (Å²) >= 11 is 12.2. The Morgan fingerprint density at radius 2 is 1.39 bits per heavy atom. The molecule has 144 valence electrons. The molecule has 0 radical (unpaired) electrons. The Bertz CT molecular complexity index is 1080. The number of nitrogens with one attached hydrogen (secondary N) is 2. The summed E-state index contributed by atoms with van der Waals surface area (Å²) in [6.07, 6.45) is 1.36. The molecule has 0 fully saturated rings. The fourth-order valence-corrected chi connectivity index (χ4v) is 3.08. The summed E-state index contributed by atoms with van der Waals surface area (Å²) in [5.41, 5.74) is 2.90. The Morgan fingerprint density at radius 1 is 0.893 bits per heavy atom. The molecule has 2 N–H and O–H groups in total. The number of aromatic nitrogens is 2. The van der Waals surface area contributed by atoms with Gasteiger partial charge < -0.3 is 10.6 Å². The molecule has 0 aliphatic heterocycles. The van der Waals surface area contributed by atoms with E-state index in [0.717, 1.165) is 11.1 Å². The minimum absolute atomic E-state index is 0.136. The van der Waals surface area contributed by atoms with Crippen LogP contribution in [0.5, 0.6) is 0 Å². The molecule has 0 spiro atoms. The van der Waals surface area contributed by atoms with Crippen molar-refractivity contribution >= 4 is 46.4 Å². The molecular formula is C20H18Cl2N4O2. The van der Waals surface area contributed by atoms with Crippen molar-refractivity contribution < 1.29 is 9.59 Å². The van der Waals surface area contributed by atoms with Gasteiger partial charge in [0.05, 0.1) is 11.8 Å². The number of halogens is 2. The summed E-state index contributed by atoms with van der Waals surface area (Å²) in [5, 5.41) is 10.7. The van der Waals surface area contributed by atoms with Crippen LogP contribution < -0.4 is 10.6 Å². The van der Waals surface area contributed by atoms with Crippen LogP contribution in [0.2, 0.25) is 10.0 Å². The number of nitrogens with zero attached hydrogens (tertiary/aromatic N) is 2. The van der Waals surface area contributed by atoms with E-state index in [-0.39, 0.29) is 11.3 Å². The smallest absolute Gasteiger partial charge is 0.274 e.